The summed E-state index contributed by atoms with van der Waals surface area (Å²) in [6, 6.07) is 6.03. The van der Waals surface area contributed by atoms with Crippen molar-refractivity contribution in [1.82, 2.24) is 4.98 Å². The number of fused-ring (bicyclic) bond motifs is 4. The Bertz CT molecular complexity index is 827. The molecule has 0 unspecified atom stereocenters. The van der Waals surface area contributed by atoms with Crippen LogP contribution in [-0.4, -0.2) is 22.7 Å². The highest BCUT2D eigenvalue weighted by Crippen LogP contribution is 2.54. The van der Waals surface area contributed by atoms with E-state index in [1.807, 2.05) is 25.1 Å². The molecule has 0 radical (unpaired) electrons. The van der Waals surface area contributed by atoms with Crippen LogP contribution in [0.2, 0.25) is 0 Å². The third-order valence-electron chi connectivity index (χ3n) is 4.48. The Kier molecular flexibility index (Phi) is 2.94. The first kappa shape index (κ1) is 14.5. The summed E-state index contributed by atoms with van der Waals surface area (Å²) < 4.78 is 17.0. The molecule has 1 aromatic carbocycles. The number of pyridine rings is 1. The van der Waals surface area contributed by atoms with E-state index in [0.29, 0.717) is 0 Å². The molecule has 0 bridgehead atoms. The van der Waals surface area contributed by atoms with Crippen LogP contribution in [0.25, 0.3) is 10.9 Å². The first-order valence-electron chi connectivity index (χ1n) is 7.77. The first-order chi connectivity index (χ1) is 10.8. The first-order valence-corrected chi connectivity index (χ1v) is 7.77. The minimum Gasteiger partial charge on any atom is -0.485 e. The van der Waals surface area contributed by atoms with Gasteiger partial charge < -0.3 is 14.2 Å². The second kappa shape index (κ2) is 4.68. The van der Waals surface area contributed by atoms with E-state index >= 15 is 0 Å². The van der Waals surface area contributed by atoms with Gasteiger partial charge in [0, 0.05) is 17.9 Å². The number of hydrogen-bond acceptors (Lipinski definition) is 5. The fourth-order valence-electron chi connectivity index (χ4n) is 3.29. The molecule has 4 rings (SSSR count). The maximum absolute atomic E-state index is 11.0. The van der Waals surface area contributed by atoms with Crippen LogP contribution in [0.15, 0.2) is 18.2 Å². The zero-order valence-corrected chi connectivity index (χ0v) is 13.7. The minimum atomic E-state index is -0.306. The average Bonchev–Trinajstić information content (AvgIpc) is 3.26. The molecule has 23 heavy (non-hydrogen) atoms. The number of aryl methyl sites for hydroxylation is 1. The van der Waals surface area contributed by atoms with E-state index in [0.717, 1.165) is 33.5 Å². The van der Waals surface area contributed by atoms with Gasteiger partial charge in [0.1, 0.15) is 30.2 Å². The summed E-state index contributed by atoms with van der Waals surface area (Å²) in [4.78, 5) is 15.6. The molecule has 3 heterocycles. The highest BCUT2D eigenvalue weighted by atomic mass is 16.6. The van der Waals surface area contributed by atoms with Crippen LogP contribution in [0, 0.1) is 6.92 Å². The van der Waals surface area contributed by atoms with Crippen molar-refractivity contribution in [2.24, 2.45) is 0 Å². The second-order valence-corrected chi connectivity index (χ2v) is 6.80. The number of rotatable bonds is 2. The molecule has 1 fully saturated rings. The van der Waals surface area contributed by atoms with Gasteiger partial charge in [-0.3, -0.25) is 4.79 Å². The molecule has 0 N–H and O–H groups in total. The normalized spacial score (nSPS) is 23.7. The molecule has 1 saturated heterocycles. The lowest BCUT2D eigenvalue weighted by atomic mass is 9.93. The fourth-order valence-corrected chi connectivity index (χ4v) is 3.29. The van der Waals surface area contributed by atoms with Gasteiger partial charge >= 0.3 is 5.97 Å². The van der Waals surface area contributed by atoms with Crippen molar-refractivity contribution in [1.29, 1.82) is 0 Å². The number of aromatic nitrogens is 1. The number of carbonyl (C=O) groups excluding carboxylic acids is 1. The average molecular weight is 313 g/mol. The zero-order chi connectivity index (χ0) is 16.4. The topological polar surface area (TPSA) is 61.0 Å². The van der Waals surface area contributed by atoms with Crippen LogP contribution in [-0.2, 0) is 20.9 Å². The Morgan fingerprint density at radius 2 is 2.13 bits per heavy atom. The SMILES string of the molecule is CC(=O)OCc1cc(C)c2cc3c(cc2n1)[C@@H]1O[C@H]1C(C)(C)O3. The standard InChI is InChI=1S/C18H19NO4/c1-9-5-11(8-21-10(2)20)19-14-6-13-15(7-12(9)14)23-18(3,4)17-16(13)22-17/h5-7,16-17H,8H2,1-4H3/t16-,17+/m0/s1. The van der Waals surface area contributed by atoms with Crippen molar-refractivity contribution in [2.45, 2.75) is 52.1 Å². The van der Waals surface area contributed by atoms with Gasteiger partial charge in [-0.05, 0) is 44.5 Å². The van der Waals surface area contributed by atoms with Gasteiger partial charge in [0.2, 0.25) is 0 Å². The Hall–Kier alpha value is -2.14. The van der Waals surface area contributed by atoms with Crippen molar-refractivity contribution in [3.8, 4) is 5.75 Å². The fraction of sp³-hybridized carbons (Fsp3) is 0.444. The third-order valence-corrected chi connectivity index (χ3v) is 4.48. The van der Waals surface area contributed by atoms with Crippen molar-refractivity contribution in [3.05, 3.63) is 35.0 Å². The predicted octanol–water partition coefficient (Wildman–Crippen LogP) is 3.22. The van der Waals surface area contributed by atoms with Gasteiger partial charge in [-0.25, -0.2) is 4.98 Å². The van der Waals surface area contributed by atoms with Crippen molar-refractivity contribution >= 4 is 16.9 Å². The maximum atomic E-state index is 11.0. The maximum Gasteiger partial charge on any atom is 0.303 e. The summed E-state index contributed by atoms with van der Waals surface area (Å²) in [7, 11) is 0. The monoisotopic (exact) mass is 313 g/mol. The number of hydrogen-bond donors (Lipinski definition) is 0. The molecule has 0 saturated carbocycles. The summed E-state index contributed by atoms with van der Waals surface area (Å²) in [5, 5.41) is 1.05. The molecule has 5 nitrogen and oxygen atoms in total. The number of esters is 1. The third kappa shape index (κ3) is 2.36. The lowest BCUT2D eigenvalue weighted by Gasteiger charge is -2.29. The molecule has 0 spiro atoms. The smallest absolute Gasteiger partial charge is 0.303 e. The van der Waals surface area contributed by atoms with E-state index < -0.39 is 0 Å². The van der Waals surface area contributed by atoms with Gasteiger partial charge in [0.15, 0.2) is 0 Å². The van der Waals surface area contributed by atoms with E-state index in [1.54, 1.807) is 0 Å². The lowest BCUT2D eigenvalue weighted by Crippen LogP contribution is -2.37. The van der Waals surface area contributed by atoms with E-state index in [2.05, 4.69) is 18.8 Å². The van der Waals surface area contributed by atoms with Crippen molar-refractivity contribution in [2.75, 3.05) is 0 Å². The summed E-state index contributed by atoms with van der Waals surface area (Å²) in [5.41, 5.74) is 3.46. The van der Waals surface area contributed by atoms with Crippen LogP contribution >= 0.6 is 0 Å². The Morgan fingerprint density at radius 1 is 1.35 bits per heavy atom. The summed E-state index contributed by atoms with van der Waals surface area (Å²) in [5.74, 6) is 0.568. The van der Waals surface area contributed by atoms with E-state index in [4.69, 9.17) is 14.2 Å². The molecular formula is C18H19NO4. The molecule has 120 valence electrons. The van der Waals surface area contributed by atoms with Crippen molar-refractivity contribution < 1.29 is 19.0 Å². The highest BCUT2D eigenvalue weighted by molar-refractivity contribution is 5.85. The van der Waals surface area contributed by atoms with Gasteiger partial charge in [0.25, 0.3) is 0 Å². The quantitative estimate of drug-likeness (QED) is 0.629. The predicted molar refractivity (Wildman–Crippen MR) is 84.3 cm³/mol. The molecule has 2 atom stereocenters. The summed E-state index contributed by atoms with van der Waals surface area (Å²) in [6.07, 6.45) is 0.204. The molecule has 0 amide bonds. The van der Waals surface area contributed by atoms with E-state index in [-0.39, 0.29) is 30.4 Å². The molecule has 5 heteroatoms. The number of epoxide rings is 1. The van der Waals surface area contributed by atoms with Gasteiger partial charge in [-0.2, -0.15) is 0 Å². The second-order valence-electron chi connectivity index (χ2n) is 6.80. The highest BCUT2D eigenvalue weighted by Gasteiger charge is 2.56. The molecule has 2 aromatic rings. The van der Waals surface area contributed by atoms with Gasteiger partial charge in [0.05, 0.1) is 11.2 Å². The lowest BCUT2D eigenvalue weighted by molar-refractivity contribution is -0.142. The van der Waals surface area contributed by atoms with Crippen LogP contribution < -0.4 is 4.74 Å². The van der Waals surface area contributed by atoms with E-state index in [9.17, 15) is 4.79 Å². The zero-order valence-electron chi connectivity index (χ0n) is 13.7. The Balaban J connectivity index is 1.78. The summed E-state index contributed by atoms with van der Waals surface area (Å²) >= 11 is 0. The van der Waals surface area contributed by atoms with Crippen LogP contribution in [0.5, 0.6) is 5.75 Å². The largest absolute Gasteiger partial charge is 0.485 e. The number of nitrogens with zero attached hydrogens (tertiary/aromatic N) is 1. The molecule has 2 aliphatic rings. The minimum absolute atomic E-state index is 0.0948. The molecule has 1 aromatic heterocycles. The van der Waals surface area contributed by atoms with Crippen LogP contribution in [0.1, 0.15) is 43.7 Å². The molecule has 0 aliphatic carbocycles. The van der Waals surface area contributed by atoms with Crippen molar-refractivity contribution in [3.63, 3.8) is 0 Å². The molecular weight excluding hydrogens is 294 g/mol. The Morgan fingerprint density at radius 3 is 2.87 bits per heavy atom. The Labute approximate surface area is 134 Å². The number of benzene rings is 1. The van der Waals surface area contributed by atoms with Crippen LogP contribution in [0.4, 0.5) is 0 Å². The molecule has 2 aliphatic heterocycles. The summed E-state index contributed by atoms with van der Waals surface area (Å²) in [6.45, 7) is 7.72. The number of ether oxygens (including phenoxy) is 3. The van der Waals surface area contributed by atoms with E-state index in [1.165, 1.54) is 6.92 Å². The van der Waals surface area contributed by atoms with Gasteiger partial charge in [-0.1, -0.05) is 0 Å². The van der Waals surface area contributed by atoms with Gasteiger partial charge in [-0.15, -0.1) is 0 Å². The number of carbonyl (C=O) groups is 1. The van der Waals surface area contributed by atoms with Crippen LogP contribution in [0.3, 0.4) is 0 Å².